The second-order valence-electron chi connectivity index (χ2n) is 4.85. The molecule has 24 heavy (non-hydrogen) atoms. The standard InChI is InChI=1S/C17H16BrN3OS2/c1-2-22-15-9-4-3-8-14(15)19-16-20-21-17(24-16)23-11-12-6-5-7-13(18)10-12/h3-10H,2,11H2,1H3,(H,19,20). The SMILES string of the molecule is CCOc1ccccc1Nc1nnc(SCc2cccc(Br)c2)s1. The zero-order valence-electron chi connectivity index (χ0n) is 13.0. The Morgan fingerprint density at radius 1 is 1.17 bits per heavy atom. The monoisotopic (exact) mass is 421 g/mol. The minimum absolute atomic E-state index is 0.628. The van der Waals surface area contributed by atoms with Gasteiger partial charge in [-0.2, -0.15) is 0 Å². The molecule has 0 amide bonds. The van der Waals surface area contributed by atoms with Crippen LogP contribution in [-0.4, -0.2) is 16.8 Å². The molecule has 0 spiro atoms. The minimum atomic E-state index is 0.628. The molecule has 3 rings (SSSR count). The molecule has 0 unspecified atom stereocenters. The lowest BCUT2D eigenvalue weighted by Crippen LogP contribution is -1.97. The highest BCUT2D eigenvalue weighted by atomic mass is 79.9. The largest absolute Gasteiger partial charge is 0.492 e. The van der Waals surface area contributed by atoms with Gasteiger partial charge in [-0.15, -0.1) is 10.2 Å². The van der Waals surface area contributed by atoms with Crippen LogP contribution in [0.15, 0.2) is 57.3 Å². The molecule has 0 saturated carbocycles. The molecule has 0 aliphatic rings. The summed E-state index contributed by atoms with van der Waals surface area (Å²) in [6.45, 7) is 2.60. The Bertz CT molecular complexity index is 810. The lowest BCUT2D eigenvalue weighted by Gasteiger charge is -2.09. The Balaban J connectivity index is 1.63. The van der Waals surface area contributed by atoms with E-state index >= 15 is 0 Å². The molecular formula is C17H16BrN3OS2. The number of para-hydroxylation sites is 2. The fourth-order valence-corrected chi connectivity index (χ4v) is 4.21. The molecule has 0 aliphatic heterocycles. The van der Waals surface area contributed by atoms with Crippen molar-refractivity contribution in [1.29, 1.82) is 0 Å². The molecule has 2 aromatic carbocycles. The van der Waals surface area contributed by atoms with E-state index in [0.29, 0.717) is 6.61 Å². The summed E-state index contributed by atoms with van der Waals surface area (Å²) in [6.07, 6.45) is 0. The van der Waals surface area contributed by atoms with Gasteiger partial charge in [0.2, 0.25) is 5.13 Å². The van der Waals surface area contributed by atoms with Gasteiger partial charge in [0.1, 0.15) is 5.75 Å². The fourth-order valence-electron chi connectivity index (χ4n) is 2.06. The molecule has 124 valence electrons. The van der Waals surface area contributed by atoms with Crippen molar-refractivity contribution in [2.75, 3.05) is 11.9 Å². The molecule has 0 fully saturated rings. The van der Waals surface area contributed by atoms with Gasteiger partial charge in [-0.05, 0) is 36.8 Å². The van der Waals surface area contributed by atoms with E-state index in [1.54, 1.807) is 23.1 Å². The van der Waals surface area contributed by atoms with Crippen LogP contribution >= 0.6 is 39.0 Å². The smallest absolute Gasteiger partial charge is 0.210 e. The highest BCUT2D eigenvalue weighted by Gasteiger charge is 2.08. The Hall–Kier alpha value is -1.57. The number of rotatable bonds is 7. The first-order valence-electron chi connectivity index (χ1n) is 7.44. The lowest BCUT2D eigenvalue weighted by molar-refractivity contribution is 0.342. The summed E-state index contributed by atoms with van der Waals surface area (Å²) in [5, 5.41) is 12.5. The number of halogens is 1. The first kappa shape index (κ1) is 17.3. The van der Waals surface area contributed by atoms with Crippen molar-refractivity contribution >= 4 is 49.8 Å². The summed E-state index contributed by atoms with van der Waals surface area (Å²) in [7, 11) is 0. The number of nitrogens with one attached hydrogen (secondary N) is 1. The van der Waals surface area contributed by atoms with Gasteiger partial charge in [0.05, 0.1) is 12.3 Å². The number of aromatic nitrogens is 2. The third kappa shape index (κ3) is 4.72. The summed E-state index contributed by atoms with van der Waals surface area (Å²) in [5.74, 6) is 1.68. The Labute approximate surface area is 157 Å². The second-order valence-corrected chi connectivity index (χ2v) is 7.96. The van der Waals surface area contributed by atoms with Gasteiger partial charge in [0.25, 0.3) is 0 Å². The van der Waals surface area contributed by atoms with Gasteiger partial charge in [0, 0.05) is 10.2 Å². The van der Waals surface area contributed by atoms with Crippen molar-refractivity contribution in [1.82, 2.24) is 10.2 Å². The maximum absolute atomic E-state index is 5.62. The molecule has 0 aliphatic carbocycles. The number of ether oxygens (including phenoxy) is 1. The molecule has 1 heterocycles. The van der Waals surface area contributed by atoms with Gasteiger partial charge in [-0.3, -0.25) is 0 Å². The van der Waals surface area contributed by atoms with Crippen LogP contribution in [0.3, 0.4) is 0 Å². The summed E-state index contributed by atoms with van der Waals surface area (Å²) < 4.78 is 7.64. The van der Waals surface area contributed by atoms with Gasteiger partial charge < -0.3 is 10.1 Å². The summed E-state index contributed by atoms with van der Waals surface area (Å²) in [5.41, 5.74) is 2.15. The normalized spacial score (nSPS) is 10.6. The number of benzene rings is 2. The lowest BCUT2D eigenvalue weighted by atomic mass is 10.2. The van der Waals surface area contributed by atoms with E-state index in [1.165, 1.54) is 5.56 Å². The summed E-state index contributed by atoms with van der Waals surface area (Å²) >= 11 is 6.71. The Morgan fingerprint density at radius 2 is 2.04 bits per heavy atom. The van der Waals surface area contributed by atoms with Crippen molar-refractivity contribution in [2.24, 2.45) is 0 Å². The van der Waals surface area contributed by atoms with Crippen molar-refractivity contribution < 1.29 is 4.74 Å². The van der Waals surface area contributed by atoms with E-state index in [2.05, 4.69) is 43.6 Å². The average molecular weight is 422 g/mol. The van der Waals surface area contributed by atoms with Gasteiger partial charge >= 0.3 is 0 Å². The summed E-state index contributed by atoms with van der Waals surface area (Å²) in [6, 6.07) is 16.1. The highest BCUT2D eigenvalue weighted by Crippen LogP contribution is 2.33. The molecule has 0 atom stereocenters. The van der Waals surface area contributed by atoms with Crippen LogP contribution in [0, 0.1) is 0 Å². The van der Waals surface area contributed by atoms with Gasteiger partial charge in [0.15, 0.2) is 4.34 Å². The third-order valence-electron chi connectivity index (χ3n) is 3.09. The van der Waals surface area contributed by atoms with Crippen molar-refractivity contribution in [3.8, 4) is 5.75 Å². The number of thioether (sulfide) groups is 1. The van der Waals surface area contributed by atoms with Crippen molar-refractivity contribution in [3.63, 3.8) is 0 Å². The molecule has 0 bridgehead atoms. The molecule has 0 saturated heterocycles. The van der Waals surface area contributed by atoms with E-state index in [-0.39, 0.29) is 0 Å². The molecular weight excluding hydrogens is 406 g/mol. The molecule has 4 nitrogen and oxygen atoms in total. The number of hydrogen-bond donors (Lipinski definition) is 1. The third-order valence-corrected chi connectivity index (χ3v) is 5.62. The number of hydrogen-bond acceptors (Lipinski definition) is 6. The number of nitrogens with zero attached hydrogens (tertiary/aromatic N) is 2. The minimum Gasteiger partial charge on any atom is -0.492 e. The highest BCUT2D eigenvalue weighted by molar-refractivity contribution is 9.10. The van der Waals surface area contributed by atoms with E-state index in [9.17, 15) is 0 Å². The predicted octanol–water partition coefficient (Wildman–Crippen LogP) is 5.74. The first-order valence-corrected chi connectivity index (χ1v) is 10.0. The zero-order valence-corrected chi connectivity index (χ0v) is 16.2. The maximum atomic E-state index is 5.62. The van der Waals surface area contributed by atoms with Gasteiger partial charge in [-0.25, -0.2) is 0 Å². The molecule has 0 radical (unpaired) electrons. The van der Waals surface area contributed by atoms with Crippen LogP contribution in [0.5, 0.6) is 5.75 Å². The van der Waals surface area contributed by atoms with E-state index < -0.39 is 0 Å². The quantitative estimate of drug-likeness (QED) is 0.493. The first-order chi connectivity index (χ1) is 11.7. The van der Waals surface area contributed by atoms with Crippen LogP contribution in [0.4, 0.5) is 10.8 Å². The predicted molar refractivity (Wildman–Crippen MR) is 105 cm³/mol. The number of anilines is 2. The van der Waals surface area contributed by atoms with Crippen LogP contribution in [0.2, 0.25) is 0 Å². The van der Waals surface area contributed by atoms with Crippen molar-refractivity contribution in [2.45, 2.75) is 17.0 Å². The zero-order chi connectivity index (χ0) is 16.8. The van der Waals surface area contributed by atoms with Crippen LogP contribution in [0.1, 0.15) is 12.5 Å². The topological polar surface area (TPSA) is 47.0 Å². The Morgan fingerprint density at radius 3 is 2.88 bits per heavy atom. The van der Waals surface area contributed by atoms with E-state index in [4.69, 9.17) is 4.74 Å². The van der Waals surface area contributed by atoms with E-state index in [1.807, 2.05) is 43.3 Å². The molecule has 3 aromatic rings. The van der Waals surface area contributed by atoms with Crippen molar-refractivity contribution in [3.05, 3.63) is 58.6 Å². The Kier molecular flexibility index (Phi) is 6.12. The molecule has 1 aromatic heterocycles. The molecule has 7 heteroatoms. The summed E-state index contributed by atoms with van der Waals surface area (Å²) in [4.78, 5) is 0. The van der Waals surface area contributed by atoms with E-state index in [0.717, 1.165) is 31.1 Å². The van der Waals surface area contributed by atoms with Crippen LogP contribution in [-0.2, 0) is 5.75 Å². The maximum Gasteiger partial charge on any atom is 0.210 e. The van der Waals surface area contributed by atoms with Crippen LogP contribution < -0.4 is 10.1 Å². The van der Waals surface area contributed by atoms with Crippen LogP contribution in [0.25, 0.3) is 0 Å². The second kappa shape index (κ2) is 8.50. The average Bonchev–Trinajstić information content (AvgIpc) is 3.03. The molecule has 1 N–H and O–H groups in total. The fraction of sp³-hybridized carbons (Fsp3) is 0.176. The van der Waals surface area contributed by atoms with Gasteiger partial charge in [-0.1, -0.05) is 63.3 Å².